The molecule has 21 heavy (non-hydrogen) atoms. The van der Waals surface area contributed by atoms with Crippen molar-refractivity contribution in [1.82, 2.24) is 4.98 Å². The van der Waals surface area contributed by atoms with Crippen molar-refractivity contribution in [2.75, 3.05) is 0 Å². The number of ether oxygens (including phenoxy) is 1. The summed E-state index contributed by atoms with van der Waals surface area (Å²) in [4.78, 5) is 15.5. The maximum absolute atomic E-state index is 12.8. The third-order valence-electron chi connectivity index (χ3n) is 2.72. The Kier molecular flexibility index (Phi) is 4.67. The fourth-order valence-electron chi connectivity index (χ4n) is 1.66. The molecule has 1 atom stereocenters. The first-order chi connectivity index (χ1) is 10.1. The van der Waals surface area contributed by atoms with E-state index in [4.69, 9.17) is 14.4 Å². The Morgan fingerprint density at radius 2 is 2.19 bits per heavy atom. The second-order valence-electron chi connectivity index (χ2n) is 4.39. The van der Waals surface area contributed by atoms with Gasteiger partial charge in [0.2, 0.25) is 0 Å². The van der Waals surface area contributed by atoms with Crippen LogP contribution in [0.15, 0.2) is 34.9 Å². The molecule has 0 aliphatic heterocycles. The summed E-state index contributed by atoms with van der Waals surface area (Å²) >= 11 is 0. The number of carbonyl (C=O) groups excluding carboxylic acids is 1. The molecule has 0 bridgehead atoms. The molecule has 1 aromatic heterocycles. The minimum Gasteiger partial charge on any atom is -0.447 e. The van der Waals surface area contributed by atoms with Crippen LogP contribution in [0.4, 0.5) is 4.39 Å². The van der Waals surface area contributed by atoms with E-state index in [1.807, 2.05) is 6.07 Å². The number of aryl methyl sites for hydroxylation is 1. The van der Waals surface area contributed by atoms with E-state index >= 15 is 0 Å². The Balaban J connectivity index is 1.93. The summed E-state index contributed by atoms with van der Waals surface area (Å²) < 4.78 is 23.1. The van der Waals surface area contributed by atoms with Crippen molar-refractivity contribution in [3.05, 3.63) is 42.2 Å². The third-order valence-corrected chi connectivity index (χ3v) is 2.72. The van der Waals surface area contributed by atoms with E-state index in [2.05, 4.69) is 4.98 Å². The number of aromatic nitrogens is 1. The lowest BCUT2D eigenvalue weighted by Gasteiger charge is -2.04. The quantitative estimate of drug-likeness (QED) is 0.791. The molecule has 2 rings (SSSR count). The van der Waals surface area contributed by atoms with Gasteiger partial charge in [0.1, 0.15) is 11.9 Å². The Morgan fingerprint density at radius 1 is 1.48 bits per heavy atom. The summed E-state index contributed by atoms with van der Waals surface area (Å²) in [6.45, 7) is 1.50. The normalized spacial score (nSPS) is 11.7. The van der Waals surface area contributed by atoms with Gasteiger partial charge in [0, 0.05) is 12.0 Å². The van der Waals surface area contributed by atoms with Gasteiger partial charge in [-0.05, 0) is 31.2 Å². The first-order valence-electron chi connectivity index (χ1n) is 6.38. The van der Waals surface area contributed by atoms with E-state index in [1.54, 1.807) is 12.1 Å². The highest BCUT2D eigenvalue weighted by molar-refractivity contribution is 5.70. The molecule has 0 fully saturated rings. The van der Waals surface area contributed by atoms with Crippen LogP contribution in [-0.4, -0.2) is 17.1 Å². The summed E-state index contributed by atoms with van der Waals surface area (Å²) in [5, 5.41) is 8.53. The van der Waals surface area contributed by atoms with Gasteiger partial charge >= 0.3 is 5.97 Å². The topological polar surface area (TPSA) is 76.1 Å². The van der Waals surface area contributed by atoms with Gasteiger partial charge in [-0.2, -0.15) is 5.26 Å². The monoisotopic (exact) mass is 288 g/mol. The molecule has 0 radical (unpaired) electrons. The summed E-state index contributed by atoms with van der Waals surface area (Å²) in [7, 11) is 0. The van der Waals surface area contributed by atoms with Crippen LogP contribution in [0.3, 0.4) is 0 Å². The Hall–Kier alpha value is -2.68. The van der Waals surface area contributed by atoms with Crippen LogP contribution in [-0.2, 0) is 16.0 Å². The van der Waals surface area contributed by atoms with Gasteiger partial charge in [0.25, 0.3) is 0 Å². The molecule has 1 unspecified atom stereocenters. The molecule has 0 saturated heterocycles. The Morgan fingerprint density at radius 3 is 2.86 bits per heavy atom. The maximum Gasteiger partial charge on any atom is 0.307 e. The van der Waals surface area contributed by atoms with E-state index in [0.717, 1.165) is 0 Å². The predicted molar refractivity (Wildman–Crippen MR) is 71.4 cm³/mol. The molecule has 6 heteroatoms. The number of nitrogens with zero attached hydrogens (tertiary/aromatic N) is 2. The predicted octanol–water partition coefficient (Wildman–Crippen LogP) is 2.87. The number of benzene rings is 1. The second kappa shape index (κ2) is 6.66. The molecule has 2 aromatic rings. The number of oxazole rings is 1. The second-order valence-corrected chi connectivity index (χ2v) is 4.39. The lowest BCUT2D eigenvalue weighted by Crippen LogP contribution is -2.13. The van der Waals surface area contributed by atoms with Crippen LogP contribution in [0, 0.1) is 17.1 Å². The summed E-state index contributed by atoms with van der Waals surface area (Å²) in [6, 6.07) is 7.65. The van der Waals surface area contributed by atoms with Gasteiger partial charge in [-0.3, -0.25) is 4.79 Å². The average molecular weight is 288 g/mol. The zero-order valence-corrected chi connectivity index (χ0v) is 11.4. The zero-order chi connectivity index (χ0) is 15.2. The van der Waals surface area contributed by atoms with Crippen molar-refractivity contribution in [3.8, 4) is 17.4 Å². The van der Waals surface area contributed by atoms with Gasteiger partial charge in [-0.1, -0.05) is 0 Å². The van der Waals surface area contributed by atoms with E-state index in [9.17, 15) is 9.18 Å². The van der Waals surface area contributed by atoms with E-state index in [1.165, 1.54) is 25.3 Å². The van der Waals surface area contributed by atoms with Crippen LogP contribution in [0.25, 0.3) is 11.3 Å². The molecule has 0 amide bonds. The van der Waals surface area contributed by atoms with Crippen LogP contribution >= 0.6 is 0 Å². The zero-order valence-electron chi connectivity index (χ0n) is 11.4. The summed E-state index contributed by atoms with van der Waals surface area (Å²) in [5.74, 6) is 0.0816. The van der Waals surface area contributed by atoms with Crippen LogP contribution in [0.1, 0.15) is 19.2 Å². The largest absolute Gasteiger partial charge is 0.447 e. The number of nitriles is 1. The fourth-order valence-corrected chi connectivity index (χ4v) is 1.66. The van der Waals surface area contributed by atoms with Gasteiger partial charge in [0.05, 0.1) is 12.6 Å². The first-order valence-corrected chi connectivity index (χ1v) is 6.38. The molecular formula is C15H13FN2O3. The number of rotatable bonds is 5. The van der Waals surface area contributed by atoms with Crippen molar-refractivity contribution in [2.45, 2.75) is 25.9 Å². The highest BCUT2D eigenvalue weighted by Gasteiger charge is 2.12. The molecular weight excluding hydrogens is 275 g/mol. The molecule has 108 valence electrons. The van der Waals surface area contributed by atoms with E-state index in [0.29, 0.717) is 17.2 Å². The first kappa shape index (κ1) is 14.7. The number of hydrogen-bond donors (Lipinski definition) is 0. The Bertz CT molecular complexity index is 658. The lowest BCUT2D eigenvalue weighted by molar-refractivity contribution is -0.145. The van der Waals surface area contributed by atoms with Crippen LogP contribution in [0.5, 0.6) is 0 Å². The third kappa shape index (κ3) is 4.14. The summed E-state index contributed by atoms with van der Waals surface area (Å²) in [5.41, 5.74) is 0.704. The van der Waals surface area contributed by atoms with E-state index in [-0.39, 0.29) is 18.7 Å². The molecule has 0 saturated carbocycles. The minimum absolute atomic E-state index is 0.0788. The van der Waals surface area contributed by atoms with Crippen molar-refractivity contribution in [3.63, 3.8) is 0 Å². The average Bonchev–Trinajstić information content (AvgIpc) is 2.94. The number of esters is 1. The molecule has 0 N–H and O–H groups in total. The van der Waals surface area contributed by atoms with Crippen LogP contribution < -0.4 is 0 Å². The van der Waals surface area contributed by atoms with Gasteiger partial charge in [-0.15, -0.1) is 0 Å². The Labute approximate surface area is 121 Å². The molecule has 0 aliphatic rings. The van der Waals surface area contributed by atoms with Crippen LogP contribution in [0.2, 0.25) is 0 Å². The van der Waals surface area contributed by atoms with Crippen molar-refractivity contribution in [2.24, 2.45) is 0 Å². The van der Waals surface area contributed by atoms with Crippen molar-refractivity contribution in [1.29, 1.82) is 5.26 Å². The summed E-state index contributed by atoms with van der Waals surface area (Å²) in [6.07, 6.45) is 1.11. The lowest BCUT2D eigenvalue weighted by atomic mass is 10.2. The van der Waals surface area contributed by atoms with Gasteiger partial charge in [0.15, 0.2) is 17.8 Å². The highest BCUT2D eigenvalue weighted by Crippen LogP contribution is 2.21. The molecule has 0 aliphatic carbocycles. The minimum atomic E-state index is -0.767. The van der Waals surface area contributed by atoms with E-state index < -0.39 is 12.1 Å². The SMILES string of the molecule is CC(C#N)OC(=O)CCc1ncc(-c2ccc(F)cc2)o1. The molecule has 1 heterocycles. The van der Waals surface area contributed by atoms with Crippen molar-refractivity contribution < 1.29 is 18.3 Å². The fraction of sp³-hybridized carbons (Fsp3) is 0.267. The molecule has 1 aromatic carbocycles. The maximum atomic E-state index is 12.8. The molecule has 5 nitrogen and oxygen atoms in total. The molecule has 0 spiro atoms. The number of hydrogen-bond acceptors (Lipinski definition) is 5. The number of halogens is 1. The smallest absolute Gasteiger partial charge is 0.307 e. The van der Waals surface area contributed by atoms with Crippen molar-refractivity contribution >= 4 is 5.97 Å². The van der Waals surface area contributed by atoms with Gasteiger partial charge in [-0.25, -0.2) is 9.37 Å². The highest BCUT2D eigenvalue weighted by atomic mass is 19.1. The standard InChI is InChI=1S/C15H13FN2O3/c1-10(8-17)20-15(19)7-6-14-18-9-13(21-14)11-2-4-12(16)5-3-11/h2-5,9-10H,6-7H2,1H3. The van der Waals surface area contributed by atoms with Gasteiger partial charge < -0.3 is 9.15 Å². The number of carbonyl (C=O) groups is 1.